The van der Waals surface area contributed by atoms with Crippen LogP contribution in [0.25, 0.3) is 0 Å². The quantitative estimate of drug-likeness (QED) is 0.247. The zero-order valence-electron chi connectivity index (χ0n) is 9.71. The highest BCUT2D eigenvalue weighted by atomic mass is 79.9. The van der Waals surface area contributed by atoms with Gasteiger partial charge in [-0.3, -0.25) is 0 Å². The van der Waals surface area contributed by atoms with Crippen molar-refractivity contribution in [2.75, 3.05) is 25.3 Å². The van der Waals surface area contributed by atoms with Gasteiger partial charge in [0.2, 0.25) is 0 Å². The Labute approximate surface area is 102 Å². The molecule has 0 aromatic rings. The van der Waals surface area contributed by atoms with Gasteiger partial charge in [0.15, 0.2) is 0 Å². The molecule has 0 radical (unpaired) electrons. The van der Waals surface area contributed by atoms with Crippen molar-refractivity contribution in [1.29, 1.82) is 0 Å². The Morgan fingerprint density at radius 3 is 2.47 bits per heavy atom. The van der Waals surface area contributed by atoms with Crippen LogP contribution in [0.4, 0.5) is 0 Å². The van der Waals surface area contributed by atoms with E-state index < -0.39 is 0 Å². The first-order chi connectivity index (χ1) is 7.41. The van der Waals surface area contributed by atoms with Crippen LogP contribution in [0.5, 0.6) is 0 Å². The van der Waals surface area contributed by atoms with Crippen molar-refractivity contribution >= 4 is 15.9 Å². The van der Waals surface area contributed by atoms with Crippen LogP contribution in [0.1, 0.15) is 39.0 Å². The van der Waals surface area contributed by atoms with Gasteiger partial charge in [-0.15, -0.1) is 0 Å². The SMILES string of the molecule is CCCCCOCOCC/C=C/CCBr. The van der Waals surface area contributed by atoms with Crippen LogP contribution in [-0.4, -0.2) is 25.3 Å². The number of allylic oxidation sites excluding steroid dienone is 1. The number of ether oxygens (including phenoxy) is 2. The lowest BCUT2D eigenvalue weighted by atomic mass is 10.3. The summed E-state index contributed by atoms with van der Waals surface area (Å²) in [4.78, 5) is 0. The van der Waals surface area contributed by atoms with Crippen LogP contribution in [0.2, 0.25) is 0 Å². The van der Waals surface area contributed by atoms with Crippen LogP contribution in [0, 0.1) is 0 Å². The van der Waals surface area contributed by atoms with E-state index in [-0.39, 0.29) is 0 Å². The Kier molecular flexibility index (Phi) is 14.3. The Bertz CT molecular complexity index is 138. The van der Waals surface area contributed by atoms with Gasteiger partial charge in [-0.25, -0.2) is 0 Å². The Morgan fingerprint density at radius 2 is 1.73 bits per heavy atom. The van der Waals surface area contributed by atoms with Gasteiger partial charge in [0.05, 0.1) is 6.61 Å². The first-order valence-electron chi connectivity index (χ1n) is 5.78. The fraction of sp³-hybridized carbons (Fsp3) is 0.833. The third-order valence-electron chi connectivity index (χ3n) is 1.93. The summed E-state index contributed by atoms with van der Waals surface area (Å²) in [5, 5.41) is 1.03. The number of hydrogen-bond acceptors (Lipinski definition) is 2. The van der Waals surface area contributed by atoms with E-state index in [1.54, 1.807) is 0 Å². The van der Waals surface area contributed by atoms with Crippen molar-refractivity contribution in [2.45, 2.75) is 39.0 Å². The van der Waals surface area contributed by atoms with E-state index in [9.17, 15) is 0 Å². The highest BCUT2D eigenvalue weighted by Crippen LogP contribution is 1.95. The van der Waals surface area contributed by atoms with Gasteiger partial charge in [-0.2, -0.15) is 0 Å². The molecule has 90 valence electrons. The largest absolute Gasteiger partial charge is 0.355 e. The first kappa shape index (κ1) is 15.1. The van der Waals surface area contributed by atoms with Gasteiger partial charge in [0.1, 0.15) is 6.79 Å². The van der Waals surface area contributed by atoms with Crippen LogP contribution in [0.15, 0.2) is 12.2 Å². The molecule has 2 nitrogen and oxygen atoms in total. The predicted octanol–water partition coefficient (Wildman–Crippen LogP) is 3.90. The Hall–Kier alpha value is 0.140. The lowest BCUT2D eigenvalue weighted by molar-refractivity contribution is -0.0531. The van der Waals surface area contributed by atoms with Crippen LogP contribution >= 0.6 is 15.9 Å². The second-order valence-electron chi connectivity index (χ2n) is 3.38. The van der Waals surface area contributed by atoms with Crippen LogP contribution in [0.3, 0.4) is 0 Å². The summed E-state index contributed by atoms with van der Waals surface area (Å²) >= 11 is 3.37. The second kappa shape index (κ2) is 14.1. The molecule has 0 aromatic carbocycles. The van der Waals surface area contributed by atoms with Gasteiger partial charge >= 0.3 is 0 Å². The van der Waals surface area contributed by atoms with E-state index >= 15 is 0 Å². The molecule has 0 aliphatic rings. The molecule has 0 aliphatic heterocycles. The maximum Gasteiger partial charge on any atom is 0.146 e. The third-order valence-corrected chi connectivity index (χ3v) is 2.39. The number of rotatable bonds is 11. The topological polar surface area (TPSA) is 18.5 Å². The van der Waals surface area contributed by atoms with E-state index in [1.165, 1.54) is 12.8 Å². The van der Waals surface area contributed by atoms with E-state index in [2.05, 4.69) is 35.0 Å². The summed E-state index contributed by atoms with van der Waals surface area (Å²) in [6.45, 7) is 4.21. The molecule has 0 saturated carbocycles. The molecule has 0 aliphatic carbocycles. The van der Waals surface area contributed by atoms with E-state index in [1.807, 2.05) is 0 Å². The minimum absolute atomic E-state index is 0.440. The average molecular weight is 279 g/mol. The van der Waals surface area contributed by atoms with Crippen molar-refractivity contribution < 1.29 is 9.47 Å². The van der Waals surface area contributed by atoms with E-state index in [4.69, 9.17) is 9.47 Å². The maximum absolute atomic E-state index is 5.31. The highest BCUT2D eigenvalue weighted by molar-refractivity contribution is 9.09. The minimum Gasteiger partial charge on any atom is -0.355 e. The molecule has 0 bridgehead atoms. The zero-order valence-corrected chi connectivity index (χ0v) is 11.3. The van der Waals surface area contributed by atoms with Crippen molar-refractivity contribution in [3.05, 3.63) is 12.2 Å². The zero-order chi connectivity index (χ0) is 11.2. The third kappa shape index (κ3) is 14.1. The molecule has 0 unspecified atom stereocenters. The lowest BCUT2D eigenvalue weighted by Gasteiger charge is -2.03. The molecule has 0 rings (SSSR count). The molecule has 0 fully saturated rings. The molecular formula is C12H23BrO2. The summed E-state index contributed by atoms with van der Waals surface area (Å²) in [7, 11) is 0. The standard InChI is InChI=1S/C12H23BrO2/c1-2-3-7-10-14-12-15-11-8-5-4-6-9-13/h4-5H,2-3,6-12H2,1H3/b5-4+. The molecule has 0 amide bonds. The summed E-state index contributed by atoms with van der Waals surface area (Å²) < 4.78 is 10.6. The molecule has 0 heterocycles. The molecule has 15 heavy (non-hydrogen) atoms. The number of unbranched alkanes of at least 4 members (excludes halogenated alkanes) is 2. The summed E-state index contributed by atoms with van der Waals surface area (Å²) in [6.07, 6.45) is 10.0. The van der Waals surface area contributed by atoms with Crippen LogP contribution in [-0.2, 0) is 9.47 Å². The number of alkyl halides is 1. The minimum atomic E-state index is 0.440. The predicted molar refractivity (Wildman–Crippen MR) is 68.5 cm³/mol. The average Bonchev–Trinajstić information content (AvgIpc) is 2.26. The van der Waals surface area contributed by atoms with Gasteiger partial charge in [0, 0.05) is 11.9 Å². The Balaban J connectivity index is 2.92. The molecule has 0 N–H and O–H groups in total. The fourth-order valence-corrected chi connectivity index (χ4v) is 1.35. The summed E-state index contributed by atoms with van der Waals surface area (Å²) in [5.41, 5.74) is 0. The van der Waals surface area contributed by atoms with Crippen molar-refractivity contribution in [3.8, 4) is 0 Å². The number of hydrogen-bond donors (Lipinski definition) is 0. The van der Waals surface area contributed by atoms with Crippen molar-refractivity contribution in [1.82, 2.24) is 0 Å². The smallest absolute Gasteiger partial charge is 0.146 e. The highest BCUT2D eigenvalue weighted by Gasteiger charge is 1.88. The molecule has 0 atom stereocenters. The summed E-state index contributed by atoms with van der Waals surface area (Å²) in [5.74, 6) is 0. The van der Waals surface area contributed by atoms with Gasteiger partial charge in [0.25, 0.3) is 0 Å². The second-order valence-corrected chi connectivity index (χ2v) is 4.17. The monoisotopic (exact) mass is 278 g/mol. The normalized spacial score (nSPS) is 11.3. The molecule has 0 saturated heterocycles. The lowest BCUT2D eigenvalue weighted by Crippen LogP contribution is -2.02. The van der Waals surface area contributed by atoms with E-state index in [0.29, 0.717) is 6.79 Å². The van der Waals surface area contributed by atoms with Gasteiger partial charge < -0.3 is 9.47 Å². The van der Waals surface area contributed by atoms with Gasteiger partial charge in [-0.05, 0) is 19.3 Å². The van der Waals surface area contributed by atoms with Crippen molar-refractivity contribution in [3.63, 3.8) is 0 Å². The molecule has 3 heteroatoms. The fourth-order valence-electron chi connectivity index (χ4n) is 1.08. The molecule has 0 spiro atoms. The number of halogens is 1. The molecule has 0 aromatic heterocycles. The van der Waals surface area contributed by atoms with Crippen LogP contribution < -0.4 is 0 Å². The first-order valence-corrected chi connectivity index (χ1v) is 6.90. The molecular weight excluding hydrogens is 256 g/mol. The van der Waals surface area contributed by atoms with Gasteiger partial charge in [-0.1, -0.05) is 47.8 Å². The van der Waals surface area contributed by atoms with E-state index in [0.717, 1.165) is 37.8 Å². The summed E-state index contributed by atoms with van der Waals surface area (Å²) in [6, 6.07) is 0. The maximum atomic E-state index is 5.31. The van der Waals surface area contributed by atoms with Crippen molar-refractivity contribution in [2.24, 2.45) is 0 Å². The Morgan fingerprint density at radius 1 is 1.00 bits per heavy atom.